The Labute approximate surface area is 118 Å². The van der Waals surface area contributed by atoms with Crippen molar-refractivity contribution >= 4 is 46.0 Å². The summed E-state index contributed by atoms with van der Waals surface area (Å²) in [5.41, 5.74) is 1.60. The molecule has 0 aliphatic carbocycles. The highest BCUT2D eigenvalue weighted by molar-refractivity contribution is 7.00. The Kier molecular flexibility index (Phi) is 3.04. The molecule has 1 saturated heterocycles. The van der Waals surface area contributed by atoms with Crippen LogP contribution in [0.2, 0.25) is 5.02 Å². The van der Waals surface area contributed by atoms with Gasteiger partial charge in [0.15, 0.2) is 0 Å². The minimum Gasteiger partial charge on any atom is -0.481 e. The molecule has 1 aromatic heterocycles. The molecule has 19 heavy (non-hydrogen) atoms. The lowest BCUT2D eigenvalue weighted by Crippen LogP contribution is -2.65. The van der Waals surface area contributed by atoms with Gasteiger partial charge in [0.25, 0.3) is 0 Å². The number of benzene rings is 1. The molecular formula is C11H11ClN4O2S. The monoisotopic (exact) mass is 298 g/mol. The predicted molar refractivity (Wildman–Crippen MR) is 73.9 cm³/mol. The third kappa shape index (κ3) is 2.24. The highest BCUT2D eigenvalue weighted by Crippen LogP contribution is 2.34. The Morgan fingerprint density at radius 2 is 2.32 bits per heavy atom. The van der Waals surface area contributed by atoms with Crippen molar-refractivity contribution in [2.75, 3.05) is 18.4 Å². The SMILES string of the molecule is O=C(O)CC1(Nc2c(Cl)ccc3nsnc23)CNC1. The summed E-state index contributed by atoms with van der Waals surface area (Å²) in [6, 6.07) is 3.55. The number of nitrogens with one attached hydrogen (secondary N) is 2. The summed E-state index contributed by atoms with van der Waals surface area (Å²) in [4.78, 5) is 11.0. The molecule has 0 radical (unpaired) electrons. The van der Waals surface area contributed by atoms with Crippen LogP contribution >= 0.6 is 23.3 Å². The molecule has 100 valence electrons. The van der Waals surface area contributed by atoms with E-state index in [1.54, 1.807) is 12.1 Å². The molecule has 0 saturated carbocycles. The Balaban J connectivity index is 1.98. The first-order valence-electron chi connectivity index (χ1n) is 5.71. The number of fused-ring (bicyclic) bond motifs is 1. The molecule has 1 aromatic carbocycles. The van der Waals surface area contributed by atoms with E-state index in [1.165, 1.54) is 0 Å². The maximum atomic E-state index is 11.0. The molecule has 2 aromatic rings. The van der Waals surface area contributed by atoms with Gasteiger partial charge in [-0.25, -0.2) is 0 Å². The van der Waals surface area contributed by atoms with Crippen LogP contribution in [0.5, 0.6) is 0 Å². The molecule has 1 fully saturated rings. The van der Waals surface area contributed by atoms with E-state index in [4.69, 9.17) is 16.7 Å². The number of halogens is 1. The van der Waals surface area contributed by atoms with E-state index in [0.717, 1.165) is 17.2 Å². The van der Waals surface area contributed by atoms with E-state index in [1.807, 2.05) is 0 Å². The van der Waals surface area contributed by atoms with Crippen molar-refractivity contribution in [3.05, 3.63) is 17.2 Å². The fourth-order valence-corrected chi connectivity index (χ4v) is 2.93. The number of aliphatic carboxylic acids is 1. The summed E-state index contributed by atoms with van der Waals surface area (Å²) in [6.07, 6.45) is 0.0320. The lowest BCUT2D eigenvalue weighted by atomic mass is 9.88. The number of anilines is 1. The van der Waals surface area contributed by atoms with Gasteiger partial charge >= 0.3 is 5.97 Å². The van der Waals surface area contributed by atoms with Gasteiger partial charge < -0.3 is 15.7 Å². The van der Waals surface area contributed by atoms with Crippen molar-refractivity contribution in [2.45, 2.75) is 12.0 Å². The first kappa shape index (κ1) is 12.6. The number of carboxylic acids is 1. The van der Waals surface area contributed by atoms with Crippen LogP contribution in [0.15, 0.2) is 12.1 Å². The van der Waals surface area contributed by atoms with Gasteiger partial charge in [-0.2, -0.15) is 8.75 Å². The Hall–Kier alpha value is -1.44. The van der Waals surface area contributed by atoms with Crippen LogP contribution in [0.25, 0.3) is 11.0 Å². The molecule has 3 N–H and O–H groups in total. The largest absolute Gasteiger partial charge is 0.481 e. The summed E-state index contributed by atoms with van der Waals surface area (Å²) in [7, 11) is 0. The number of hydrogen-bond donors (Lipinski definition) is 3. The van der Waals surface area contributed by atoms with E-state index >= 15 is 0 Å². The third-order valence-corrected chi connectivity index (χ3v) is 4.04. The van der Waals surface area contributed by atoms with Gasteiger partial charge in [-0.1, -0.05) is 11.6 Å². The highest BCUT2D eigenvalue weighted by Gasteiger charge is 2.39. The van der Waals surface area contributed by atoms with E-state index in [9.17, 15) is 4.79 Å². The van der Waals surface area contributed by atoms with Crippen molar-refractivity contribution in [2.24, 2.45) is 0 Å². The molecule has 0 unspecified atom stereocenters. The van der Waals surface area contributed by atoms with Crippen LogP contribution < -0.4 is 10.6 Å². The molecule has 2 heterocycles. The van der Waals surface area contributed by atoms with Crippen LogP contribution in [-0.4, -0.2) is 38.5 Å². The van der Waals surface area contributed by atoms with Crippen molar-refractivity contribution in [3.8, 4) is 0 Å². The number of aromatic nitrogens is 2. The van der Waals surface area contributed by atoms with Gasteiger partial charge in [-0.3, -0.25) is 4.79 Å². The first-order valence-corrected chi connectivity index (χ1v) is 6.82. The topological polar surface area (TPSA) is 87.1 Å². The standard InChI is InChI=1S/C11H11ClN4O2S/c12-6-1-2-7-10(16-19-15-7)9(6)14-11(3-8(17)18)4-13-5-11/h1-2,13-14H,3-5H2,(H,17,18). The average molecular weight is 299 g/mol. The fourth-order valence-electron chi connectivity index (χ4n) is 2.18. The number of nitrogens with zero attached hydrogens (tertiary/aromatic N) is 2. The van der Waals surface area contributed by atoms with Gasteiger partial charge in [0.1, 0.15) is 11.0 Å². The van der Waals surface area contributed by atoms with Crippen LogP contribution in [-0.2, 0) is 4.79 Å². The first-order chi connectivity index (χ1) is 9.10. The zero-order valence-electron chi connectivity index (χ0n) is 9.81. The molecule has 0 amide bonds. The second-order valence-corrected chi connectivity index (χ2v) is 5.57. The number of carboxylic acid groups (broad SMARTS) is 1. The number of hydrogen-bond acceptors (Lipinski definition) is 6. The van der Waals surface area contributed by atoms with E-state index in [-0.39, 0.29) is 6.42 Å². The Morgan fingerprint density at radius 1 is 1.53 bits per heavy atom. The van der Waals surface area contributed by atoms with Gasteiger partial charge in [-0.05, 0) is 12.1 Å². The zero-order valence-corrected chi connectivity index (χ0v) is 11.4. The average Bonchev–Trinajstić information content (AvgIpc) is 2.77. The van der Waals surface area contributed by atoms with Crippen molar-refractivity contribution in [1.29, 1.82) is 0 Å². The summed E-state index contributed by atoms with van der Waals surface area (Å²) in [5, 5.41) is 15.9. The van der Waals surface area contributed by atoms with Gasteiger partial charge in [0, 0.05) is 13.1 Å². The van der Waals surface area contributed by atoms with Gasteiger partial charge in [-0.15, -0.1) is 0 Å². The van der Waals surface area contributed by atoms with Crippen molar-refractivity contribution in [1.82, 2.24) is 14.1 Å². The second-order valence-electron chi connectivity index (χ2n) is 4.63. The van der Waals surface area contributed by atoms with Crippen LogP contribution in [0, 0.1) is 0 Å². The number of rotatable bonds is 4. The Bertz CT molecular complexity index is 641. The van der Waals surface area contributed by atoms with Crippen LogP contribution in [0.1, 0.15) is 6.42 Å². The maximum Gasteiger partial charge on any atom is 0.305 e. The predicted octanol–water partition coefficient (Wildman–Crippen LogP) is 1.57. The highest BCUT2D eigenvalue weighted by atomic mass is 35.5. The van der Waals surface area contributed by atoms with E-state index in [2.05, 4.69) is 19.4 Å². The molecule has 6 nitrogen and oxygen atoms in total. The summed E-state index contributed by atoms with van der Waals surface area (Å²) in [5.74, 6) is -0.839. The summed E-state index contributed by atoms with van der Waals surface area (Å²) in [6.45, 7) is 1.17. The minimum absolute atomic E-state index is 0.0320. The lowest BCUT2D eigenvalue weighted by Gasteiger charge is -2.43. The molecule has 0 bridgehead atoms. The third-order valence-electron chi connectivity index (χ3n) is 3.18. The quantitative estimate of drug-likeness (QED) is 0.794. The van der Waals surface area contributed by atoms with E-state index < -0.39 is 11.5 Å². The lowest BCUT2D eigenvalue weighted by molar-refractivity contribution is -0.138. The molecule has 0 atom stereocenters. The van der Waals surface area contributed by atoms with Crippen molar-refractivity contribution < 1.29 is 9.90 Å². The van der Waals surface area contributed by atoms with Crippen LogP contribution in [0.3, 0.4) is 0 Å². The zero-order chi connectivity index (χ0) is 13.5. The van der Waals surface area contributed by atoms with Crippen LogP contribution in [0.4, 0.5) is 5.69 Å². The van der Waals surface area contributed by atoms with Gasteiger partial charge in [0.2, 0.25) is 0 Å². The van der Waals surface area contributed by atoms with E-state index in [0.29, 0.717) is 29.3 Å². The maximum absolute atomic E-state index is 11.0. The fraction of sp³-hybridized carbons (Fsp3) is 0.364. The summed E-state index contributed by atoms with van der Waals surface area (Å²) < 4.78 is 8.37. The molecule has 3 rings (SSSR count). The van der Waals surface area contributed by atoms with Gasteiger partial charge in [0.05, 0.1) is 34.4 Å². The molecule has 1 aliphatic rings. The smallest absolute Gasteiger partial charge is 0.305 e. The molecule has 8 heteroatoms. The Morgan fingerprint density at radius 3 is 2.95 bits per heavy atom. The van der Waals surface area contributed by atoms with Crippen molar-refractivity contribution in [3.63, 3.8) is 0 Å². The normalized spacial score (nSPS) is 17.1. The molecule has 1 aliphatic heterocycles. The molecule has 0 spiro atoms. The minimum atomic E-state index is -0.839. The number of carbonyl (C=O) groups is 1. The molecular weight excluding hydrogens is 288 g/mol. The second kappa shape index (κ2) is 4.59. The summed E-state index contributed by atoms with van der Waals surface area (Å²) >= 11 is 7.30.